The molecule has 14 heavy (non-hydrogen) atoms. The number of hydrogen-bond donors (Lipinski definition) is 0. The predicted octanol–water partition coefficient (Wildman–Crippen LogP) is 2.93. The summed E-state index contributed by atoms with van der Waals surface area (Å²) in [5.41, 5.74) is 2.59. The Bertz CT molecular complexity index is 249. The first-order valence-corrected chi connectivity index (χ1v) is 5.40. The van der Waals surface area contributed by atoms with Crippen molar-refractivity contribution in [3.8, 4) is 0 Å². The average molecular weight is 196 g/mol. The van der Waals surface area contributed by atoms with E-state index in [1.54, 1.807) is 0 Å². The highest BCUT2D eigenvalue weighted by molar-refractivity contribution is 5.77. The zero-order chi connectivity index (χ0) is 10.7. The highest BCUT2D eigenvalue weighted by Gasteiger charge is 2.35. The molecule has 0 N–H and O–H groups in total. The van der Waals surface area contributed by atoms with E-state index in [9.17, 15) is 4.79 Å². The molecule has 2 nitrogen and oxygen atoms in total. The van der Waals surface area contributed by atoms with Gasteiger partial charge in [0.2, 0.25) is 0 Å². The second kappa shape index (κ2) is 4.63. The van der Waals surface area contributed by atoms with Crippen LogP contribution in [0.4, 0.5) is 0 Å². The fourth-order valence-corrected chi connectivity index (χ4v) is 2.22. The van der Waals surface area contributed by atoms with Crippen LogP contribution in [-0.2, 0) is 9.53 Å². The Labute approximate surface area is 86.3 Å². The maximum absolute atomic E-state index is 11.7. The van der Waals surface area contributed by atoms with Crippen LogP contribution < -0.4 is 0 Å². The van der Waals surface area contributed by atoms with E-state index in [2.05, 4.69) is 20.8 Å². The summed E-state index contributed by atoms with van der Waals surface area (Å²) < 4.78 is 5.10. The molecule has 0 aromatic heterocycles. The Hall–Kier alpha value is -0.790. The quantitative estimate of drug-likeness (QED) is 0.501. The molecule has 2 atom stereocenters. The fourth-order valence-electron chi connectivity index (χ4n) is 2.22. The number of ether oxygens (including phenoxy) is 1. The van der Waals surface area contributed by atoms with Crippen LogP contribution in [0.5, 0.6) is 0 Å². The first-order chi connectivity index (χ1) is 6.57. The summed E-state index contributed by atoms with van der Waals surface area (Å²) in [5, 5.41) is 0. The second-order valence-corrected chi connectivity index (χ2v) is 4.27. The lowest BCUT2D eigenvalue weighted by Crippen LogP contribution is -2.21. The molecular formula is C12H20O2. The van der Waals surface area contributed by atoms with Gasteiger partial charge < -0.3 is 4.74 Å². The largest absolute Gasteiger partial charge is 0.466 e. The van der Waals surface area contributed by atoms with Crippen molar-refractivity contribution >= 4 is 5.97 Å². The first kappa shape index (κ1) is 11.3. The van der Waals surface area contributed by atoms with Crippen LogP contribution in [0.1, 0.15) is 40.5 Å². The minimum absolute atomic E-state index is 0.0277. The number of carbonyl (C=O) groups is 1. The normalized spacial score (nSPS) is 26.4. The van der Waals surface area contributed by atoms with Gasteiger partial charge in [-0.2, -0.15) is 0 Å². The molecule has 0 radical (unpaired) electrons. The molecule has 1 fully saturated rings. The van der Waals surface area contributed by atoms with Crippen LogP contribution >= 0.6 is 0 Å². The van der Waals surface area contributed by atoms with Crippen molar-refractivity contribution < 1.29 is 9.53 Å². The number of allylic oxidation sites excluding steroid dienone is 1. The van der Waals surface area contributed by atoms with Crippen molar-refractivity contribution in [2.75, 3.05) is 6.61 Å². The van der Waals surface area contributed by atoms with Crippen LogP contribution in [0.25, 0.3) is 0 Å². The summed E-state index contributed by atoms with van der Waals surface area (Å²) in [6.07, 6.45) is 2.18. The Kier molecular flexibility index (Phi) is 3.73. The zero-order valence-electron chi connectivity index (χ0n) is 9.59. The van der Waals surface area contributed by atoms with Gasteiger partial charge in [-0.15, -0.1) is 0 Å². The lowest BCUT2D eigenvalue weighted by atomic mass is 9.93. The summed E-state index contributed by atoms with van der Waals surface area (Å²) >= 11 is 0. The zero-order valence-corrected chi connectivity index (χ0v) is 9.59. The molecule has 1 aliphatic rings. The van der Waals surface area contributed by atoms with E-state index in [0.717, 1.165) is 12.8 Å². The summed E-state index contributed by atoms with van der Waals surface area (Å²) in [6.45, 7) is 8.65. The van der Waals surface area contributed by atoms with Gasteiger partial charge in [0, 0.05) is 0 Å². The smallest absolute Gasteiger partial charge is 0.313 e. The van der Waals surface area contributed by atoms with Crippen molar-refractivity contribution in [2.24, 2.45) is 11.8 Å². The molecule has 0 saturated heterocycles. The van der Waals surface area contributed by atoms with Gasteiger partial charge in [-0.3, -0.25) is 4.79 Å². The molecule has 80 valence electrons. The maximum atomic E-state index is 11.7. The molecule has 2 heteroatoms. The Morgan fingerprint density at radius 2 is 2.14 bits per heavy atom. The predicted molar refractivity (Wildman–Crippen MR) is 56.9 cm³/mol. The third-order valence-corrected chi connectivity index (χ3v) is 3.00. The van der Waals surface area contributed by atoms with Crippen LogP contribution in [0, 0.1) is 11.8 Å². The SMILES string of the molecule is CCOC(=O)C1C(=C(C)C)CCC1C. The van der Waals surface area contributed by atoms with Gasteiger partial charge in [0.1, 0.15) is 0 Å². The van der Waals surface area contributed by atoms with Crippen LogP contribution in [0.3, 0.4) is 0 Å². The molecule has 1 aliphatic carbocycles. The van der Waals surface area contributed by atoms with E-state index >= 15 is 0 Å². The number of esters is 1. The van der Waals surface area contributed by atoms with E-state index in [1.807, 2.05) is 6.92 Å². The van der Waals surface area contributed by atoms with Crippen molar-refractivity contribution in [3.05, 3.63) is 11.1 Å². The van der Waals surface area contributed by atoms with Gasteiger partial charge in [0.15, 0.2) is 0 Å². The van der Waals surface area contributed by atoms with E-state index in [0.29, 0.717) is 12.5 Å². The molecule has 1 saturated carbocycles. The van der Waals surface area contributed by atoms with Crippen molar-refractivity contribution in [1.82, 2.24) is 0 Å². The molecule has 0 spiro atoms. The molecule has 0 aromatic carbocycles. The topological polar surface area (TPSA) is 26.3 Å². The van der Waals surface area contributed by atoms with Gasteiger partial charge in [-0.25, -0.2) is 0 Å². The Morgan fingerprint density at radius 3 is 2.64 bits per heavy atom. The van der Waals surface area contributed by atoms with E-state index in [4.69, 9.17) is 4.74 Å². The van der Waals surface area contributed by atoms with E-state index in [-0.39, 0.29) is 11.9 Å². The van der Waals surface area contributed by atoms with Crippen LogP contribution in [-0.4, -0.2) is 12.6 Å². The van der Waals surface area contributed by atoms with Crippen molar-refractivity contribution in [2.45, 2.75) is 40.5 Å². The molecule has 0 amide bonds. The molecular weight excluding hydrogens is 176 g/mol. The summed E-state index contributed by atoms with van der Waals surface area (Å²) in [6, 6.07) is 0. The van der Waals surface area contributed by atoms with Gasteiger partial charge in [0.05, 0.1) is 12.5 Å². The number of rotatable bonds is 2. The second-order valence-electron chi connectivity index (χ2n) is 4.27. The van der Waals surface area contributed by atoms with Crippen molar-refractivity contribution in [1.29, 1.82) is 0 Å². The molecule has 2 unspecified atom stereocenters. The lowest BCUT2D eigenvalue weighted by molar-refractivity contribution is -0.147. The Balaban J connectivity index is 2.82. The van der Waals surface area contributed by atoms with E-state index < -0.39 is 0 Å². The molecule has 0 heterocycles. The first-order valence-electron chi connectivity index (χ1n) is 5.40. The average Bonchev–Trinajstić information content (AvgIpc) is 2.47. The highest BCUT2D eigenvalue weighted by atomic mass is 16.5. The summed E-state index contributed by atoms with van der Waals surface area (Å²) in [4.78, 5) is 11.7. The number of carbonyl (C=O) groups excluding carboxylic acids is 1. The fraction of sp³-hybridized carbons (Fsp3) is 0.750. The Morgan fingerprint density at radius 1 is 1.50 bits per heavy atom. The minimum atomic E-state index is -0.0336. The third kappa shape index (κ3) is 2.17. The van der Waals surface area contributed by atoms with Crippen molar-refractivity contribution in [3.63, 3.8) is 0 Å². The monoisotopic (exact) mass is 196 g/mol. The van der Waals surface area contributed by atoms with Gasteiger partial charge in [0.25, 0.3) is 0 Å². The lowest BCUT2D eigenvalue weighted by Gasteiger charge is -2.16. The number of hydrogen-bond acceptors (Lipinski definition) is 2. The molecule has 0 aromatic rings. The van der Waals surface area contributed by atoms with E-state index in [1.165, 1.54) is 11.1 Å². The molecule has 0 bridgehead atoms. The van der Waals surface area contributed by atoms with Gasteiger partial charge >= 0.3 is 5.97 Å². The maximum Gasteiger partial charge on any atom is 0.313 e. The molecule has 1 rings (SSSR count). The third-order valence-electron chi connectivity index (χ3n) is 3.00. The molecule has 0 aliphatic heterocycles. The van der Waals surface area contributed by atoms with Gasteiger partial charge in [-0.1, -0.05) is 18.1 Å². The minimum Gasteiger partial charge on any atom is -0.466 e. The standard InChI is InChI=1S/C12H20O2/c1-5-14-12(13)11-9(4)6-7-10(11)8(2)3/h9,11H,5-7H2,1-4H3. The van der Waals surface area contributed by atoms with Crippen LogP contribution in [0.2, 0.25) is 0 Å². The summed E-state index contributed by atoms with van der Waals surface area (Å²) in [5.74, 6) is 0.438. The van der Waals surface area contributed by atoms with Gasteiger partial charge in [-0.05, 0) is 39.5 Å². The summed E-state index contributed by atoms with van der Waals surface area (Å²) in [7, 11) is 0. The van der Waals surface area contributed by atoms with Crippen LogP contribution in [0.15, 0.2) is 11.1 Å². The highest BCUT2D eigenvalue weighted by Crippen LogP contribution is 2.38.